The summed E-state index contributed by atoms with van der Waals surface area (Å²) in [7, 11) is 0. The molecule has 0 amide bonds. The van der Waals surface area contributed by atoms with Crippen LogP contribution in [-0.2, 0) is 24.3 Å². The number of nitrogens with one attached hydrogen (secondary N) is 4. The average molecular weight is 995 g/mol. The molecule has 0 saturated carbocycles. The summed E-state index contributed by atoms with van der Waals surface area (Å²) < 4.78 is 89.7. The van der Waals surface area contributed by atoms with Crippen molar-refractivity contribution in [1.29, 1.82) is 0 Å². The van der Waals surface area contributed by atoms with Crippen LogP contribution in [0, 0.1) is 20.2 Å². The van der Waals surface area contributed by atoms with Crippen LogP contribution in [0.1, 0.15) is 22.3 Å². The number of nitro benzene ring substituents is 2. The number of fused-ring (bicyclic) bond motifs is 4. The summed E-state index contributed by atoms with van der Waals surface area (Å²) in [6.45, 7) is -1.69. The summed E-state index contributed by atoms with van der Waals surface area (Å²) >= 11 is 0. The van der Waals surface area contributed by atoms with Gasteiger partial charge >= 0.3 is 12.4 Å². The van der Waals surface area contributed by atoms with E-state index in [2.05, 4.69) is 50.5 Å². The predicted molar refractivity (Wildman–Crippen MR) is 249 cm³/mol. The van der Waals surface area contributed by atoms with Gasteiger partial charge in [0.1, 0.15) is 23.7 Å². The smallest absolute Gasteiger partial charge is 0.375 e. The highest BCUT2D eigenvalue weighted by molar-refractivity contribution is 5.89. The van der Waals surface area contributed by atoms with Gasteiger partial charge in [0.05, 0.1) is 46.6 Å². The third-order valence-electron chi connectivity index (χ3n) is 11.8. The molecule has 0 bridgehead atoms. The van der Waals surface area contributed by atoms with Gasteiger partial charge in [0.15, 0.2) is 22.9 Å². The Bertz CT molecular complexity index is 3370. The van der Waals surface area contributed by atoms with Crippen molar-refractivity contribution in [2.45, 2.75) is 36.6 Å². The number of nitro groups is 2. The SMILES string of the molecule is O=[N+]([O-])c1ccc2c(C(O)(CNc3ncnc4nc[nH]c34)C(F)(F)F)cn(Cc3ccccc3)c2c1.O=[N+]([O-])c1ccc2c(C(O)(CNc3ncnc4nc[nH]c34)C(F)(F)F)cn(Cc3ccccc3)c2c1. The second-order valence-electron chi connectivity index (χ2n) is 16.3. The Morgan fingerprint density at radius 1 is 0.556 bits per heavy atom. The zero-order valence-electron chi connectivity index (χ0n) is 36.8. The number of nitrogens with zero attached hydrogens (tertiary/aromatic N) is 10. The Morgan fingerprint density at radius 3 is 1.31 bits per heavy atom. The highest BCUT2D eigenvalue weighted by Gasteiger charge is 2.57. The molecule has 0 aliphatic carbocycles. The lowest BCUT2D eigenvalue weighted by molar-refractivity contribution is -0.384. The minimum atomic E-state index is -5.10. The van der Waals surface area contributed by atoms with E-state index >= 15 is 0 Å². The minimum Gasteiger partial charge on any atom is -0.375 e. The molecule has 368 valence electrons. The van der Waals surface area contributed by atoms with E-state index in [1.54, 1.807) is 60.7 Å². The van der Waals surface area contributed by atoms with Crippen LogP contribution in [-0.4, -0.2) is 94.5 Å². The fourth-order valence-corrected chi connectivity index (χ4v) is 8.19. The van der Waals surface area contributed by atoms with Crippen LogP contribution >= 0.6 is 0 Å². The van der Waals surface area contributed by atoms with E-state index in [0.717, 1.165) is 35.9 Å². The molecule has 0 fully saturated rings. The van der Waals surface area contributed by atoms with Gasteiger partial charge in [-0.05, 0) is 23.3 Å². The van der Waals surface area contributed by atoms with Crippen molar-refractivity contribution in [3.8, 4) is 0 Å². The fourth-order valence-electron chi connectivity index (χ4n) is 8.19. The van der Waals surface area contributed by atoms with Gasteiger partial charge in [-0.1, -0.05) is 60.7 Å². The molecule has 6 N–H and O–H groups in total. The van der Waals surface area contributed by atoms with Crippen LogP contribution in [0.15, 0.2) is 135 Å². The summed E-state index contributed by atoms with van der Waals surface area (Å²) in [6, 6.07) is 24.9. The molecule has 6 heterocycles. The molecule has 72 heavy (non-hydrogen) atoms. The first-order chi connectivity index (χ1) is 34.3. The highest BCUT2D eigenvalue weighted by Crippen LogP contribution is 2.45. The van der Waals surface area contributed by atoms with Gasteiger partial charge < -0.3 is 39.9 Å². The summed E-state index contributed by atoms with van der Waals surface area (Å²) in [5.41, 5.74) is -5.22. The number of rotatable bonds is 14. The molecule has 2 atom stereocenters. The topological polar surface area (TPSA) is 270 Å². The van der Waals surface area contributed by atoms with Crippen molar-refractivity contribution in [2.24, 2.45) is 0 Å². The number of alkyl halides is 6. The number of halogens is 6. The number of H-pyrrole nitrogens is 2. The fraction of sp³-hybridized carbons (Fsp3) is 0.174. The number of anilines is 2. The van der Waals surface area contributed by atoms with E-state index in [1.807, 2.05) is 0 Å². The quantitative estimate of drug-likeness (QED) is 0.0340. The zero-order valence-corrected chi connectivity index (χ0v) is 36.8. The molecular formula is C46H36F6N14O6. The molecule has 0 radical (unpaired) electrons. The monoisotopic (exact) mass is 994 g/mol. The van der Waals surface area contributed by atoms with Crippen molar-refractivity contribution >= 4 is 67.1 Å². The lowest BCUT2D eigenvalue weighted by atomic mass is 9.92. The van der Waals surface area contributed by atoms with Gasteiger partial charge in [-0.15, -0.1) is 0 Å². The number of imidazole rings is 2. The number of non-ortho nitro benzene ring substituents is 2. The molecule has 0 aliphatic rings. The summed E-state index contributed by atoms with van der Waals surface area (Å²) in [4.78, 5) is 50.6. The van der Waals surface area contributed by atoms with Gasteiger partial charge in [-0.3, -0.25) is 20.2 Å². The van der Waals surface area contributed by atoms with Crippen LogP contribution < -0.4 is 10.6 Å². The second kappa shape index (κ2) is 18.7. The Morgan fingerprint density at radius 2 is 0.944 bits per heavy atom. The Hall–Kier alpha value is -9.04. The van der Waals surface area contributed by atoms with Crippen LogP contribution in [0.3, 0.4) is 0 Å². The molecular weight excluding hydrogens is 959 g/mol. The van der Waals surface area contributed by atoms with Crippen molar-refractivity contribution in [1.82, 2.24) is 49.0 Å². The molecule has 20 nitrogen and oxygen atoms in total. The lowest BCUT2D eigenvalue weighted by Gasteiger charge is -2.30. The standard InChI is InChI=1S/2C23H18F3N7O3/c2*24-23(25,26)22(34,11-27-20-19-21(29-12-28-19)31-13-30-20)17-10-32(9-14-4-2-1-3-5-14)18-8-15(33(35)36)6-7-16(17)18/h2*1-8,10,12-13,34H,9,11H2,(H2,27,28,29,30,31). The summed E-state index contributed by atoms with van der Waals surface area (Å²) in [6.07, 6.45) is -2.91. The van der Waals surface area contributed by atoms with E-state index in [-0.39, 0.29) is 80.2 Å². The Kier molecular flexibility index (Phi) is 12.5. The number of hydrogen-bond acceptors (Lipinski definition) is 14. The molecule has 10 rings (SSSR count). The Labute approximate surface area is 399 Å². The number of aromatic amines is 2. The van der Waals surface area contributed by atoms with Gasteiger partial charge in [0.2, 0.25) is 11.2 Å². The minimum absolute atomic E-state index is 0.0313. The normalized spacial score (nSPS) is 13.7. The maximum absolute atomic E-state index is 14.5. The largest absolute Gasteiger partial charge is 0.423 e. The molecule has 0 saturated heterocycles. The zero-order chi connectivity index (χ0) is 51.0. The average Bonchev–Trinajstić information content (AvgIpc) is 4.19. The number of aromatic nitrogens is 10. The first-order valence-electron chi connectivity index (χ1n) is 21.3. The molecule has 2 unspecified atom stereocenters. The molecule has 4 aromatic carbocycles. The van der Waals surface area contributed by atoms with E-state index in [4.69, 9.17) is 0 Å². The predicted octanol–water partition coefficient (Wildman–Crippen LogP) is 8.25. The van der Waals surface area contributed by atoms with E-state index in [9.17, 15) is 56.8 Å². The van der Waals surface area contributed by atoms with E-state index in [0.29, 0.717) is 0 Å². The van der Waals surface area contributed by atoms with Crippen molar-refractivity contribution in [3.63, 3.8) is 0 Å². The van der Waals surface area contributed by atoms with Crippen molar-refractivity contribution in [2.75, 3.05) is 23.7 Å². The van der Waals surface area contributed by atoms with Crippen LogP contribution in [0.2, 0.25) is 0 Å². The number of benzene rings is 4. The van der Waals surface area contributed by atoms with Gasteiger partial charge in [0.25, 0.3) is 11.4 Å². The van der Waals surface area contributed by atoms with Gasteiger partial charge in [-0.2, -0.15) is 26.3 Å². The first kappa shape index (κ1) is 48.0. The Balaban J connectivity index is 0.000000178. The van der Waals surface area contributed by atoms with Gasteiger partial charge in [0, 0.05) is 71.6 Å². The van der Waals surface area contributed by atoms with Crippen LogP contribution in [0.4, 0.5) is 49.4 Å². The molecule has 0 spiro atoms. The third kappa shape index (κ3) is 9.13. The van der Waals surface area contributed by atoms with Crippen molar-refractivity contribution in [3.05, 3.63) is 177 Å². The maximum atomic E-state index is 14.5. The van der Waals surface area contributed by atoms with Crippen molar-refractivity contribution < 1.29 is 46.4 Å². The maximum Gasteiger partial charge on any atom is 0.423 e. The molecule has 26 heteroatoms. The summed E-state index contributed by atoms with van der Waals surface area (Å²) in [5.74, 6) is 0.0627. The van der Waals surface area contributed by atoms with E-state index in [1.165, 1.54) is 58.4 Å². The highest BCUT2D eigenvalue weighted by atomic mass is 19.4. The number of aliphatic hydroxyl groups is 2. The van der Waals surface area contributed by atoms with Crippen LogP contribution in [0.5, 0.6) is 0 Å². The van der Waals surface area contributed by atoms with Crippen LogP contribution in [0.25, 0.3) is 44.1 Å². The second-order valence-corrected chi connectivity index (χ2v) is 16.3. The first-order valence-corrected chi connectivity index (χ1v) is 21.3. The summed E-state index contributed by atoms with van der Waals surface area (Å²) in [5, 5.41) is 50.2. The molecule has 0 aliphatic heterocycles. The molecule has 6 aromatic heterocycles. The molecule has 10 aromatic rings. The third-order valence-corrected chi connectivity index (χ3v) is 11.8. The van der Waals surface area contributed by atoms with Gasteiger partial charge in [-0.25, -0.2) is 29.9 Å². The lowest BCUT2D eigenvalue weighted by Crippen LogP contribution is -2.47. The van der Waals surface area contributed by atoms with E-state index < -0.39 is 57.6 Å². The number of hydrogen-bond donors (Lipinski definition) is 6.